The van der Waals surface area contributed by atoms with Gasteiger partial charge in [-0.15, -0.1) is 0 Å². The van der Waals surface area contributed by atoms with E-state index >= 15 is 0 Å². The average molecular weight is 264 g/mol. The van der Waals surface area contributed by atoms with Crippen molar-refractivity contribution in [2.75, 3.05) is 39.6 Å². The van der Waals surface area contributed by atoms with Crippen LogP contribution in [0.2, 0.25) is 0 Å². The molecule has 5 heteroatoms. The maximum Gasteiger partial charge on any atom is 0.188 e. The highest BCUT2D eigenvalue weighted by atomic mass is 16.7. The summed E-state index contributed by atoms with van der Waals surface area (Å²) in [5.74, 6) is -0.702. The Balaban J connectivity index is 4.01. The van der Waals surface area contributed by atoms with Gasteiger partial charge in [0.1, 0.15) is 6.61 Å². The highest BCUT2D eigenvalue weighted by Crippen LogP contribution is 2.13. The van der Waals surface area contributed by atoms with Crippen LogP contribution in [0.25, 0.3) is 0 Å². The molecule has 0 radical (unpaired) electrons. The molecule has 0 unspecified atom stereocenters. The molecule has 0 aliphatic heterocycles. The molecule has 0 aliphatic carbocycles. The third-order valence-corrected chi connectivity index (χ3v) is 2.22. The molecule has 0 aromatic carbocycles. The number of hydrogen-bond acceptors (Lipinski definition) is 5. The van der Waals surface area contributed by atoms with E-state index in [0.717, 1.165) is 0 Å². The van der Waals surface area contributed by atoms with Gasteiger partial charge in [-0.1, -0.05) is 0 Å². The Labute approximate surface area is 111 Å². The molecule has 5 nitrogen and oxygen atoms in total. The molecule has 0 heterocycles. The summed E-state index contributed by atoms with van der Waals surface area (Å²) < 4.78 is 27.4. The monoisotopic (exact) mass is 264 g/mol. The van der Waals surface area contributed by atoms with Gasteiger partial charge >= 0.3 is 0 Å². The van der Waals surface area contributed by atoms with E-state index < -0.39 is 5.79 Å². The molecule has 0 saturated heterocycles. The predicted molar refractivity (Wildman–Crippen MR) is 69.5 cm³/mol. The van der Waals surface area contributed by atoms with Crippen LogP contribution in [0, 0.1) is 0 Å². The molecule has 0 saturated carbocycles. The minimum atomic E-state index is -0.702. The second-order valence-electron chi connectivity index (χ2n) is 3.86. The summed E-state index contributed by atoms with van der Waals surface area (Å²) in [5.41, 5.74) is 0. The van der Waals surface area contributed by atoms with Crippen LogP contribution in [0.15, 0.2) is 0 Å². The number of rotatable bonds is 12. The molecule has 0 aromatic heterocycles. The van der Waals surface area contributed by atoms with Gasteiger partial charge in [0, 0.05) is 26.4 Å². The lowest BCUT2D eigenvalue weighted by Crippen LogP contribution is -2.39. The summed E-state index contributed by atoms with van der Waals surface area (Å²) in [4.78, 5) is 0. The van der Waals surface area contributed by atoms with E-state index in [1.54, 1.807) is 0 Å². The van der Waals surface area contributed by atoms with Gasteiger partial charge in [0.15, 0.2) is 12.1 Å². The first kappa shape index (κ1) is 17.8. The van der Waals surface area contributed by atoms with Gasteiger partial charge in [-0.25, -0.2) is 0 Å². The lowest BCUT2D eigenvalue weighted by molar-refractivity contribution is -0.257. The van der Waals surface area contributed by atoms with Gasteiger partial charge in [-0.3, -0.25) is 0 Å². The average Bonchev–Trinajstić information content (AvgIpc) is 2.30. The smallest absolute Gasteiger partial charge is 0.188 e. The van der Waals surface area contributed by atoms with Gasteiger partial charge in [-0.05, 0) is 34.6 Å². The molecular formula is C13H28O5. The minimum Gasteiger partial charge on any atom is -0.371 e. The van der Waals surface area contributed by atoms with E-state index in [1.807, 2.05) is 34.6 Å². The second-order valence-corrected chi connectivity index (χ2v) is 3.86. The van der Waals surface area contributed by atoms with E-state index in [2.05, 4.69) is 0 Å². The fourth-order valence-corrected chi connectivity index (χ4v) is 1.59. The van der Waals surface area contributed by atoms with Crippen molar-refractivity contribution in [3.05, 3.63) is 0 Å². The Bertz CT molecular complexity index is 174. The first-order valence-corrected chi connectivity index (χ1v) is 6.70. The molecule has 0 N–H and O–H groups in total. The summed E-state index contributed by atoms with van der Waals surface area (Å²) in [6.07, 6.45) is -0.326. The van der Waals surface area contributed by atoms with Crippen LogP contribution in [-0.2, 0) is 23.7 Å². The van der Waals surface area contributed by atoms with Crippen molar-refractivity contribution in [3.8, 4) is 0 Å². The first-order chi connectivity index (χ1) is 8.61. The van der Waals surface area contributed by atoms with Crippen molar-refractivity contribution < 1.29 is 23.7 Å². The van der Waals surface area contributed by atoms with E-state index in [9.17, 15) is 0 Å². The van der Waals surface area contributed by atoms with Crippen molar-refractivity contribution in [2.24, 2.45) is 0 Å². The minimum absolute atomic E-state index is 0.326. The molecule has 18 heavy (non-hydrogen) atoms. The lowest BCUT2D eigenvalue weighted by Gasteiger charge is -2.29. The molecule has 0 aromatic rings. The molecule has 0 fully saturated rings. The van der Waals surface area contributed by atoms with Crippen molar-refractivity contribution in [1.82, 2.24) is 0 Å². The predicted octanol–water partition coefficient (Wildman–Crippen LogP) is 2.19. The highest BCUT2D eigenvalue weighted by Gasteiger charge is 2.25. The fourth-order valence-electron chi connectivity index (χ4n) is 1.59. The van der Waals surface area contributed by atoms with E-state index in [0.29, 0.717) is 39.6 Å². The molecule has 0 amide bonds. The molecule has 110 valence electrons. The Kier molecular flexibility index (Phi) is 10.6. The van der Waals surface area contributed by atoms with Crippen molar-refractivity contribution >= 4 is 0 Å². The van der Waals surface area contributed by atoms with E-state index in [1.165, 1.54) is 0 Å². The highest BCUT2D eigenvalue weighted by molar-refractivity contribution is 4.61. The number of hydrogen-bond donors (Lipinski definition) is 0. The molecule has 0 aliphatic rings. The molecule has 0 atom stereocenters. The zero-order valence-electron chi connectivity index (χ0n) is 12.4. The standard InChI is InChI=1S/C13H28O5/c1-6-15-12(16-7-2)10-14-11-13(5,17-8-3)18-9-4/h12H,6-11H2,1-5H3. The van der Waals surface area contributed by atoms with E-state index in [-0.39, 0.29) is 6.29 Å². The van der Waals surface area contributed by atoms with E-state index in [4.69, 9.17) is 23.7 Å². The summed E-state index contributed by atoms with van der Waals surface area (Å²) in [7, 11) is 0. The van der Waals surface area contributed by atoms with Gasteiger partial charge in [0.05, 0.1) is 6.61 Å². The Morgan fingerprint density at radius 1 is 0.833 bits per heavy atom. The van der Waals surface area contributed by atoms with Gasteiger partial charge in [0.2, 0.25) is 0 Å². The second kappa shape index (κ2) is 10.7. The first-order valence-electron chi connectivity index (χ1n) is 6.70. The maximum atomic E-state index is 5.57. The topological polar surface area (TPSA) is 46.2 Å². The van der Waals surface area contributed by atoms with Gasteiger partial charge < -0.3 is 23.7 Å². The van der Waals surface area contributed by atoms with Crippen molar-refractivity contribution in [1.29, 1.82) is 0 Å². The fraction of sp³-hybridized carbons (Fsp3) is 1.00. The molecule has 0 spiro atoms. The quantitative estimate of drug-likeness (QED) is 0.506. The normalized spacial score (nSPS) is 12.3. The summed E-state index contributed by atoms with van der Waals surface area (Å²) in [5, 5.41) is 0. The molecular weight excluding hydrogens is 236 g/mol. The third-order valence-electron chi connectivity index (χ3n) is 2.22. The zero-order chi connectivity index (χ0) is 13.9. The van der Waals surface area contributed by atoms with Crippen LogP contribution in [0.4, 0.5) is 0 Å². The number of ether oxygens (including phenoxy) is 5. The molecule has 0 rings (SSSR count). The van der Waals surface area contributed by atoms with Gasteiger partial charge in [0.25, 0.3) is 0 Å². The van der Waals surface area contributed by atoms with Crippen LogP contribution >= 0.6 is 0 Å². The Hall–Kier alpha value is -0.200. The van der Waals surface area contributed by atoms with Crippen LogP contribution in [0.3, 0.4) is 0 Å². The maximum absolute atomic E-state index is 5.57. The van der Waals surface area contributed by atoms with Crippen molar-refractivity contribution in [3.63, 3.8) is 0 Å². The zero-order valence-corrected chi connectivity index (χ0v) is 12.4. The van der Waals surface area contributed by atoms with Gasteiger partial charge in [-0.2, -0.15) is 0 Å². The summed E-state index contributed by atoms with van der Waals surface area (Å²) >= 11 is 0. The summed E-state index contributed by atoms with van der Waals surface area (Å²) in [6.45, 7) is 12.7. The lowest BCUT2D eigenvalue weighted by atomic mass is 10.3. The Morgan fingerprint density at radius 3 is 1.72 bits per heavy atom. The third kappa shape index (κ3) is 8.00. The van der Waals surface area contributed by atoms with Crippen LogP contribution in [-0.4, -0.2) is 51.7 Å². The van der Waals surface area contributed by atoms with Crippen molar-refractivity contribution in [2.45, 2.75) is 46.7 Å². The SMILES string of the molecule is CCOC(COCC(C)(OCC)OCC)OCC. The Morgan fingerprint density at radius 2 is 1.33 bits per heavy atom. The van der Waals surface area contributed by atoms with Crippen LogP contribution in [0.1, 0.15) is 34.6 Å². The largest absolute Gasteiger partial charge is 0.371 e. The summed E-state index contributed by atoms with van der Waals surface area (Å²) in [6, 6.07) is 0. The van der Waals surface area contributed by atoms with Crippen LogP contribution < -0.4 is 0 Å². The molecule has 0 bridgehead atoms. The van der Waals surface area contributed by atoms with Crippen LogP contribution in [0.5, 0.6) is 0 Å².